The summed E-state index contributed by atoms with van der Waals surface area (Å²) in [7, 11) is 4.13. The molecule has 12 rings (SSSR count). The Kier molecular flexibility index (Phi) is 14.5. The lowest BCUT2D eigenvalue weighted by Crippen LogP contribution is -2.56. The van der Waals surface area contributed by atoms with Crippen molar-refractivity contribution in [3.63, 3.8) is 0 Å². The van der Waals surface area contributed by atoms with E-state index in [1.807, 2.05) is 36.2 Å². The quantitative estimate of drug-likeness (QED) is 0.148. The molecule has 4 aromatic rings. The number of aliphatic hydroxyl groups excluding tert-OH is 2. The number of likely N-dealkylation sites (tertiary alicyclic amines) is 2. The van der Waals surface area contributed by atoms with E-state index in [0.29, 0.717) is 108 Å². The first-order valence-electron chi connectivity index (χ1n) is 28.6. The van der Waals surface area contributed by atoms with Crippen molar-refractivity contribution in [2.45, 2.75) is 101 Å². The van der Waals surface area contributed by atoms with Gasteiger partial charge < -0.3 is 54.8 Å². The van der Waals surface area contributed by atoms with Crippen LogP contribution in [-0.2, 0) is 35.3 Å². The highest BCUT2D eigenvalue weighted by molar-refractivity contribution is 6.04. The Morgan fingerprint density at radius 2 is 1.33 bits per heavy atom. The van der Waals surface area contributed by atoms with Crippen LogP contribution in [0.2, 0.25) is 0 Å². The molecule has 0 bridgehead atoms. The lowest BCUT2D eigenvalue weighted by Gasteiger charge is -2.45. The summed E-state index contributed by atoms with van der Waals surface area (Å²) in [4.78, 5) is 87.1. The van der Waals surface area contributed by atoms with Crippen LogP contribution in [-0.4, -0.2) is 190 Å². The number of Topliss-reactive ketones (excluding diaryl/α,β-unsaturated/α-hetero) is 2. The van der Waals surface area contributed by atoms with Gasteiger partial charge in [0.1, 0.15) is 48.7 Å². The van der Waals surface area contributed by atoms with E-state index in [-0.39, 0.29) is 77.8 Å². The highest BCUT2D eigenvalue weighted by Crippen LogP contribution is 2.49. The van der Waals surface area contributed by atoms with Gasteiger partial charge in [-0.1, -0.05) is 43.5 Å². The van der Waals surface area contributed by atoms with Crippen LogP contribution in [0.15, 0.2) is 67.8 Å². The van der Waals surface area contributed by atoms with Crippen LogP contribution in [0.5, 0.6) is 12.0 Å². The van der Waals surface area contributed by atoms with E-state index >= 15 is 4.79 Å². The number of aromatic nitrogens is 4. The smallest absolute Gasteiger partial charge is 0.319 e. The third kappa shape index (κ3) is 9.72. The molecule has 81 heavy (non-hydrogen) atoms. The van der Waals surface area contributed by atoms with E-state index in [2.05, 4.69) is 69.8 Å². The highest BCUT2D eigenvalue weighted by atomic mass is 16.5. The van der Waals surface area contributed by atoms with Gasteiger partial charge in [0.05, 0.1) is 29.4 Å². The number of likely N-dealkylation sites (N-methyl/N-ethyl adjacent to an activating group) is 2. The maximum Gasteiger partial charge on any atom is 0.319 e. The molecule has 8 atom stereocenters. The molecular formula is C60H71N13O8. The fourth-order valence-corrected chi connectivity index (χ4v) is 14.1. The van der Waals surface area contributed by atoms with E-state index in [4.69, 9.17) is 29.4 Å². The lowest BCUT2D eigenvalue weighted by molar-refractivity contribution is -0.128. The standard InChI is InChI=1S/C60H71N13O8/c1-5-47(74)70-22-24-71(25-23-70)53-43-15-18-60(51(76)49(43)64-57(66-53)80-34-41-11-9-21-68(41)3)31-38-14-13-36(29-46(38)63-56(60)79)39-28-42(69(4)32-39)35-81-58-65-50-44(54(67-58)72-26-27-73(48(75)6-2)40(33-72)17-20-61)16-19-59(52(50)77)30-37-10-7-8-12-45(37)62-55(59)78/h5-8,10,12-14,29,39-42,55-56,62-63,78-79H,1-2,9,11,15-19,21-28,30-35H2,3-4H3. The molecule has 0 saturated carbocycles. The Hall–Kier alpha value is -7.51. The number of aliphatic hydroxyl groups is 2. The normalized spacial score (nSPS) is 28.1. The Balaban J connectivity index is 0.768. The number of amides is 2. The summed E-state index contributed by atoms with van der Waals surface area (Å²) in [6.45, 7) is 12.7. The first-order valence-corrected chi connectivity index (χ1v) is 28.6. The van der Waals surface area contributed by atoms with Crippen molar-refractivity contribution in [3.05, 3.63) is 107 Å². The van der Waals surface area contributed by atoms with Crippen molar-refractivity contribution in [2.24, 2.45) is 10.8 Å². The Morgan fingerprint density at radius 3 is 1.96 bits per heavy atom. The van der Waals surface area contributed by atoms with Crippen LogP contribution < -0.4 is 29.9 Å². The zero-order valence-electron chi connectivity index (χ0n) is 46.2. The molecule has 2 aromatic carbocycles. The van der Waals surface area contributed by atoms with Gasteiger partial charge in [0.15, 0.2) is 11.6 Å². The molecule has 21 nitrogen and oxygen atoms in total. The highest BCUT2D eigenvalue weighted by Gasteiger charge is 2.54. The Bertz CT molecular complexity index is 3230. The predicted molar refractivity (Wildman–Crippen MR) is 301 cm³/mol. The fraction of sp³-hybridized carbons (Fsp3) is 0.517. The Labute approximate surface area is 471 Å². The molecule has 8 heterocycles. The number of piperazine rings is 2. The number of carbonyl (C=O) groups is 4. The zero-order chi connectivity index (χ0) is 56.3. The molecule has 8 aliphatic rings. The molecule has 6 aliphatic heterocycles. The zero-order valence-corrected chi connectivity index (χ0v) is 46.2. The van der Waals surface area contributed by atoms with Gasteiger partial charge >= 0.3 is 12.0 Å². The summed E-state index contributed by atoms with van der Waals surface area (Å²) in [5.74, 6) is 0.363. The second-order valence-corrected chi connectivity index (χ2v) is 23.4. The van der Waals surface area contributed by atoms with E-state index in [9.17, 15) is 29.9 Å². The molecule has 2 aliphatic carbocycles. The van der Waals surface area contributed by atoms with Crippen LogP contribution in [0.25, 0.3) is 0 Å². The Morgan fingerprint density at radius 1 is 0.728 bits per heavy atom. The maximum atomic E-state index is 15.1. The van der Waals surface area contributed by atoms with Gasteiger partial charge in [-0.15, -0.1) is 0 Å². The van der Waals surface area contributed by atoms with Crippen molar-refractivity contribution >= 4 is 46.4 Å². The number of rotatable bonds is 12. The molecule has 424 valence electrons. The minimum atomic E-state index is -1.19. The topological polar surface area (TPSA) is 246 Å². The average molecular weight is 1100 g/mol. The second-order valence-electron chi connectivity index (χ2n) is 23.4. The number of nitrogens with one attached hydrogen (secondary N) is 2. The summed E-state index contributed by atoms with van der Waals surface area (Å²) in [6.07, 6.45) is 5.45. The number of anilines is 4. The van der Waals surface area contributed by atoms with Crippen molar-refractivity contribution in [2.75, 3.05) is 107 Å². The van der Waals surface area contributed by atoms with Crippen molar-refractivity contribution in [1.29, 1.82) is 5.26 Å². The minimum absolute atomic E-state index is 0.0370. The van der Waals surface area contributed by atoms with Gasteiger partial charge in [-0.05, 0) is 125 Å². The lowest BCUT2D eigenvalue weighted by atomic mass is 9.65. The van der Waals surface area contributed by atoms with E-state index < -0.39 is 29.3 Å². The number of ether oxygens (including phenoxy) is 2. The molecular weight excluding hydrogens is 1030 g/mol. The number of hydrogen-bond donors (Lipinski definition) is 4. The number of ketones is 2. The fourth-order valence-electron chi connectivity index (χ4n) is 14.1. The number of nitriles is 1. The summed E-state index contributed by atoms with van der Waals surface area (Å²) >= 11 is 0. The first-order chi connectivity index (χ1) is 39.2. The SMILES string of the molecule is C=CC(=O)N1CCN(c2nc(OCC3CCCN3C)nc3c2CCC2(Cc4ccc(C5CC(COc6nc7c(c(N8CCN(C(=O)C=C)C(CC#N)C8)n6)CCC6(Cc8ccccc8NC6O)C7=O)N(C)C5)cc4NC2O)C3=O)CC1. The number of benzene rings is 2. The van der Waals surface area contributed by atoms with Gasteiger partial charge in [0, 0.05) is 86.9 Å². The van der Waals surface area contributed by atoms with Crippen LogP contribution >= 0.6 is 0 Å². The first kappa shape index (κ1) is 54.1. The second kappa shape index (κ2) is 21.8. The molecule has 2 spiro atoms. The van der Waals surface area contributed by atoms with E-state index in [1.165, 1.54) is 12.2 Å². The number of carbonyl (C=O) groups excluding carboxylic acids is 4. The third-order valence-corrected chi connectivity index (χ3v) is 19.0. The van der Waals surface area contributed by atoms with Gasteiger partial charge in [0.25, 0.3) is 0 Å². The molecule has 21 heteroatoms. The monoisotopic (exact) mass is 1100 g/mol. The average Bonchev–Trinajstić information content (AvgIpc) is 4.19. The molecule has 4 N–H and O–H groups in total. The minimum Gasteiger partial charge on any atom is -0.462 e. The van der Waals surface area contributed by atoms with Crippen LogP contribution in [0.4, 0.5) is 23.0 Å². The van der Waals surface area contributed by atoms with Gasteiger partial charge in [-0.2, -0.15) is 25.2 Å². The number of fused-ring (bicyclic) bond motifs is 4. The van der Waals surface area contributed by atoms with Gasteiger partial charge in [-0.3, -0.25) is 24.1 Å². The van der Waals surface area contributed by atoms with Crippen molar-refractivity contribution in [1.82, 2.24) is 39.5 Å². The molecule has 2 amide bonds. The van der Waals surface area contributed by atoms with Gasteiger partial charge in [0.2, 0.25) is 11.8 Å². The summed E-state index contributed by atoms with van der Waals surface area (Å²) < 4.78 is 12.8. The van der Waals surface area contributed by atoms with Crippen molar-refractivity contribution in [3.8, 4) is 18.1 Å². The number of hydrogen-bond acceptors (Lipinski definition) is 19. The number of nitrogens with zero attached hydrogens (tertiary/aromatic N) is 11. The number of para-hydroxylation sites is 1. The van der Waals surface area contributed by atoms with E-state index in [0.717, 1.165) is 66.0 Å². The predicted octanol–water partition coefficient (Wildman–Crippen LogP) is 3.76. The van der Waals surface area contributed by atoms with Crippen LogP contribution in [0.3, 0.4) is 0 Å². The molecule has 0 radical (unpaired) electrons. The maximum absolute atomic E-state index is 15.1. The molecule has 2 aromatic heterocycles. The summed E-state index contributed by atoms with van der Waals surface area (Å²) in [5, 5.41) is 40.1. The largest absolute Gasteiger partial charge is 0.462 e. The van der Waals surface area contributed by atoms with E-state index in [1.54, 1.807) is 9.80 Å². The van der Waals surface area contributed by atoms with Gasteiger partial charge in [-0.25, -0.2) is 0 Å². The van der Waals surface area contributed by atoms with Crippen LogP contribution in [0.1, 0.15) is 93.2 Å². The summed E-state index contributed by atoms with van der Waals surface area (Å²) in [5.41, 5.74) is 4.03. The molecule has 4 saturated heterocycles. The third-order valence-electron chi connectivity index (χ3n) is 19.0. The van der Waals surface area contributed by atoms with Crippen molar-refractivity contribution < 1.29 is 38.9 Å². The molecule has 4 fully saturated rings. The molecule has 8 unspecified atom stereocenters. The summed E-state index contributed by atoms with van der Waals surface area (Å²) in [6, 6.07) is 16.1. The van der Waals surface area contributed by atoms with Crippen LogP contribution in [0, 0.1) is 22.2 Å².